The van der Waals surface area contributed by atoms with Crippen LogP contribution in [0.25, 0.3) is 6.08 Å². The first-order valence-electron chi connectivity index (χ1n) is 7.29. The molecular weight excluding hydrogens is 304 g/mol. The molecule has 0 spiro atoms. The van der Waals surface area contributed by atoms with Crippen LogP contribution in [-0.4, -0.2) is 38.5 Å². The van der Waals surface area contributed by atoms with Crippen molar-refractivity contribution in [2.75, 3.05) is 19.8 Å². The Bertz CT molecular complexity index is 605. The minimum Gasteiger partial charge on any atom is -0.460 e. The molecule has 0 atom stereocenters. The molecule has 1 rings (SSSR count). The van der Waals surface area contributed by atoms with E-state index in [1.807, 2.05) is 0 Å². The van der Waals surface area contributed by atoms with Gasteiger partial charge in [0.05, 0.1) is 12.8 Å². The number of hydrogen-bond donors (Lipinski definition) is 1. The van der Waals surface area contributed by atoms with E-state index in [1.165, 1.54) is 17.4 Å². The highest BCUT2D eigenvalue weighted by molar-refractivity contribution is 7.88. The summed E-state index contributed by atoms with van der Waals surface area (Å²) >= 11 is 0. The third-order valence-electron chi connectivity index (χ3n) is 3.11. The van der Waals surface area contributed by atoms with E-state index in [4.69, 9.17) is 4.42 Å². The second-order valence-corrected chi connectivity index (χ2v) is 7.24. The van der Waals surface area contributed by atoms with Gasteiger partial charge in [-0.25, -0.2) is 8.42 Å². The molecule has 1 amide bonds. The number of amides is 1. The molecule has 0 aromatic carbocycles. The first-order chi connectivity index (χ1) is 10.3. The number of furan rings is 1. The molecule has 124 valence electrons. The van der Waals surface area contributed by atoms with E-state index in [0.717, 1.165) is 25.5 Å². The van der Waals surface area contributed by atoms with Gasteiger partial charge in [-0.05, 0) is 24.6 Å². The van der Waals surface area contributed by atoms with Crippen molar-refractivity contribution in [1.29, 1.82) is 0 Å². The SMILES string of the molecule is CCCCCNC(=O)/C=C/c1ccc(CN(C)S(C)(=O)=O)o1. The van der Waals surface area contributed by atoms with Gasteiger partial charge in [0.15, 0.2) is 0 Å². The lowest BCUT2D eigenvalue weighted by atomic mass is 10.2. The predicted molar refractivity (Wildman–Crippen MR) is 86.6 cm³/mol. The third-order valence-corrected chi connectivity index (χ3v) is 4.37. The fraction of sp³-hybridized carbons (Fsp3) is 0.533. The van der Waals surface area contributed by atoms with Crippen LogP contribution in [0.2, 0.25) is 0 Å². The van der Waals surface area contributed by atoms with Gasteiger partial charge in [0, 0.05) is 19.7 Å². The summed E-state index contributed by atoms with van der Waals surface area (Å²) in [5.74, 6) is 0.874. The van der Waals surface area contributed by atoms with Gasteiger partial charge in [-0.15, -0.1) is 0 Å². The molecule has 0 saturated carbocycles. The quantitative estimate of drug-likeness (QED) is 0.555. The minimum absolute atomic E-state index is 0.163. The van der Waals surface area contributed by atoms with Crippen molar-refractivity contribution in [2.24, 2.45) is 0 Å². The molecule has 1 aromatic rings. The molecule has 0 unspecified atom stereocenters. The molecule has 0 radical (unpaired) electrons. The van der Waals surface area contributed by atoms with E-state index in [0.29, 0.717) is 18.1 Å². The van der Waals surface area contributed by atoms with Gasteiger partial charge in [0.25, 0.3) is 0 Å². The van der Waals surface area contributed by atoms with Crippen molar-refractivity contribution >= 4 is 22.0 Å². The molecule has 0 saturated heterocycles. The smallest absolute Gasteiger partial charge is 0.244 e. The molecule has 1 aromatic heterocycles. The minimum atomic E-state index is -3.24. The number of hydrogen-bond acceptors (Lipinski definition) is 4. The first-order valence-corrected chi connectivity index (χ1v) is 9.13. The topological polar surface area (TPSA) is 79.6 Å². The molecule has 0 bridgehead atoms. The summed E-state index contributed by atoms with van der Waals surface area (Å²) in [7, 11) is -1.76. The lowest BCUT2D eigenvalue weighted by Gasteiger charge is -2.11. The molecule has 0 aliphatic carbocycles. The lowest BCUT2D eigenvalue weighted by Crippen LogP contribution is -2.24. The van der Waals surface area contributed by atoms with Gasteiger partial charge in [-0.2, -0.15) is 4.31 Å². The molecule has 1 heterocycles. The fourth-order valence-electron chi connectivity index (χ4n) is 1.71. The second kappa shape index (κ2) is 8.75. The van der Waals surface area contributed by atoms with Crippen LogP contribution < -0.4 is 5.32 Å². The fourth-order valence-corrected chi connectivity index (χ4v) is 2.07. The molecule has 0 aliphatic heterocycles. The van der Waals surface area contributed by atoms with Gasteiger partial charge in [0.1, 0.15) is 11.5 Å². The Morgan fingerprint density at radius 2 is 2.09 bits per heavy atom. The maximum atomic E-state index is 11.6. The van der Waals surface area contributed by atoms with Crippen molar-refractivity contribution in [3.8, 4) is 0 Å². The number of carbonyl (C=O) groups excluding carboxylic acids is 1. The van der Waals surface area contributed by atoms with Crippen LogP contribution in [0.5, 0.6) is 0 Å². The molecule has 22 heavy (non-hydrogen) atoms. The normalized spacial score (nSPS) is 12.2. The average molecular weight is 328 g/mol. The Hall–Kier alpha value is -1.60. The van der Waals surface area contributed by atoms with E-state index in [-0.39, 0.29) is 12.5 Å². The van der Waals surface area contributed by atoms with E-state index in [1.54, 1.807) is 18.2 Å². The third kappa shape index (κ3) is 6.91. The number of unbranched alkanes of at least 4 members (excludes halogenated alkanes) is 2. The van der Waals surface area contributed by atoms with Crippen LogP contribution in [0.15, 0.2) is 22.6 Å². The van der Waals surface area contributed by atoms with Crippen molar-refractivity contribution in [1.82, 2.24) is 9.62 Å². The van der Waals surface area contributed by atoms with Gasteiger partial charge >= 0.3 is 0 Å². The molecule has 1 N–H and O–H groups in total. The summed E-state index contributed by atoms with van der Waals surface area (Å²) in [6.45, 7) is 2.94. The Labute approximate surface area is 132 Å². The molecule has 0 fully saturated rings. The standard InChI is InChI=1S/C15H24N2O4S/c1-4-5-6-11-16-15(18)10-9-13-7-8-14(21-13)12-17(2)22(3,19)20/h7-10H,4-6,11-12H2,1-3H3,(H,16,18)/b10-9+. The Morgan fingerprint density at radius 3 is 2.73 bits per heavy atom. The average Bonchev–Trinajstić information content (AvgIpc) is 2.88. The summed E-state index contributed by atoms with van der Waals surface area (Å²) in [6.07, 6.45) is 7.30. The van der Waals surface area contributed by atoms with Crippen LogP contribution in [0.4, 0.5) is 0 Å². The van der Waals surface area contributed by atoms with Crippen molar-refractivity contribution in [3.05, 3.63) is 29.7 Å². The number of nitrogens with zero attached hydrogens (tertiary/aromatic N) is 1. The molecule has 6 nitrogen and oxygen atoms in total. The lowest BCUT2D eigenvalue weighted by molar-refractivity contribution is -0.116. The van der Waals surface area contributed by atoms with Crippen LogP contribution in [0.3, 0.4) is 0 Å². The number of rotatable bonds is 9. The number of carbonyl (C=O) groups is 1. The highest BCUT2D eigenvalue weighted by Gasteiger charge is 2.13. The highest BCUT2D eigenvalue weighted by atomic mass is 32.2. The van der Waals surface area contributed by atoms with E-state index < -0.39 is 10.0 Å². The van der Waals surface area contributed by atoms with Crippen LogP contribution in [-0.2, 0) is 21.4 Å². The molecular formula is C15H24N2O4S. The maximum Gasteiger partial charge on any atom is 0.244 e. The van der Waals surface area contributed by atoms with Crippen LogP contribution >= 0.6 is 0 Å². The Morgan fingerprint density at radius 1 is 1.36 bits per heavy atom. The monoisotopic (exact) mass is 328 g/mol. The zero-order chi connectivity index (χ0) is 16.6. The zero-order valence-electron chi connectivity index (χ0n) is 13.3. The van der Waals surface area contributed by atoms with E-state index >= 15 is 0 Å². The zero-order valence-corrected chi connectivity index (χ0v) is 14.1. The summed E-state index contributed by atoms with van der Waals surface area (Å²) < 4.78 is 29.3. The number of nitrogens with one attached hydrogen (secondary N) is 1. The Balaban J connectivity index is 2.47. The Kier molecular flexibility index (Phi) is 7.34. The van der Waals surface area contributed by atoms with Gasteiger partial charge in [-0.3, -0.25) is 4.79 Å². The second-order valence-electron chi connectivity index (χ2n) is 5.15. The van der Waals surface area contributed by atoms with Crippen molar-refractivity contribution < 1.29 is 17.6 Å². The highest BCUT2D eigenvalue weighted by Crippen LogP contribution is 2.12. The van der Waals surface area contributed by atoms with Gasteiger partial charge < -0.3 is 9.73 Å². The van der Waals surface area contributed by atoms with Crippen LogP contribution in [0, 0.1) is 0 Å². The maximum absolute atomic E-state index is 11.6. The summed E-state index contributed by atoms with van der Waals surface area (Å²) in [6, 6.07) is 3.40. The van der Waals surface area contributed by atoms with Gasteiger partial charge in [0.2, 0.25) is 15.9 Å². The van der Waals surface area contributed by atoms with Crippen molar-refractivity contribution in [3.63, 3.8) is 0 Å². The van der Waals surface area contributed by atoms with Crippen molar-refractivity contribution in [2.45, 2.75) is 32.7 Å². The summed E-state index contributed by atoms with van der Waals surface area (Å²) in [5, 5.41) is 2.79. The summed E-state index contributed by atoms with van der Waals surface area (Å²) in [5.41, 5.74) is 0. The first kappa shape index (κ1) is 18.4. The largest absolute Gasteiger partial charge is 0.460 e. The predicted octanol–water partition coefficient (Wildman–Crippen LogP) is 1.99. The van der Waals surface area contributed by atoms with E-state index in [2.05, 4.69) is 12.2 Å². The summed E-state index contributed by atoms with van der Waals surface area (Å²) in [4.78, 5) is 11.6. The number of sulfonamides is 1. The molecule has 7 heteroatoms. The molecule has 0 aliphatic rings. The van der Waals surface area contributed by atoms with E-state index in [9.17, 15) is 13.2 Å². The van der Waals surface area contributed by atoms with Crippen LogP contribution in [0.1, 0.15) is 37.7 Å². The van der Waals surface area contributed by atoms with Gasteiger partial charge in [-0.1, -0.05) is 19.8 Å².